The fourth-order valence-electron chi connectivity index (χ4n) is 2.71. The molecule has 2 aromatic carbocycles. The van der Waals surface area contributed by atoms with Gasteiger partial charge in [-0.15, -0.1) is 0 Å². The van der Waals surface area contributed by atoms with Crippen LogP contribution in [0.3, 0.4) is 0 Å². The Hall–Kier alpha value is -2.69. The van der Waals surface area contributed by atoms with E-state index < -0.39 is 0 Å². The first-order valence-electron chi connectivity index (χ1n) is 9.18. The van der Waals surface area contributed by atoms with Crippen LogP contribution in [0.5, 0.6) is 11.5 Å². The van der Waals surface area contributed by atoms with E-state index in [2.05, 4.69) is 44.4 Å². The molecular formula is C22H30N2O3. The van der Waals surface area contributed by atoms with E-state index >= 15 is 0 Å². The largest absolute Gasteiger partial charge is 0.497 e. The first-order valence-corrected chi connectivity index (χ1v) is 9.18. The fourth-order valence-corrected chi connectivity index (χ4v) is 2.71. The number of hydrogen-bond donors (Lipinski definition) is 2. The predicted molar refractivity (Wildman–Crippen MR) is 109 cm³/mol. The predicted octanol–water partition coefficient (Wildman–Crippen LogP) is 4.18. The second kappa shape index (κ2) is 9.31. The first kappa shape index (κ1) is 20.6. The highest BCUT2D eigenvalue weighted by molar-refractivity contribution is 5.73. The summed E-state index contributed by atoms with van der Waals surface area (Å²) in [6.45, 7) is 9.18. The minimum atomic E-state index is -0.243. The van der Waals surface area contributed by atoms with Crippen molar-refractivity contribution >= 4 is 6.03 Å². The molecule has 0 saturated carbocycles. The summed E-state index contributed by atoms with van der Waals surface area (Å²) in [4.78, 5) is 11.9. The Morgan fingerprint density at radius 3 is 2.37 bits per heavy atom. The Labute approximate surface area is 162 Å². The summed E-state index contributed by atoms with van der Waals surface area (Å²) in [5.74, 6) is 1.62. The first-order chi connectivity index (χ1) is 12.8. The van der Waals surface area contributed by atoms with E-state index in [1.807, 2.05) is 36.4 Å². The van der Waals surface area contributed by atoms with Gasteiger partial charge >= 0.3 is 6.03 Å². The van der Waals surface area contributed by atoms with E-state index in [1.54, 1.807) is 7.11 Å². The van der Waals surface area contributed by atoms with Crippen LogP contribution in [-0.2, 0) is 11.8 Å². The number of ether oxygens (including phenoxy) is 2. The molecule has 0 radical (unpaired) electrons. The van der Waals surface area contributed by atoms with Gasteiger partial charge in [-0.05, 0) is 48.1 Å². The molecule has 0 saturated heterocycles. The summed E-state index contributed by atoms with van der Waals surface area (Å²) in [5.41, 5.74) is 3.43. The zero-order chi connectivity index (χ0) is 19.9. The van der Waals surface area contributed by atoms with Crippen molar-refractivity contribution in [2.75, 3.05) is 20.4 Å². The van der Waals surface area contributed by atoms with E-state index in [4.69, 9.17) is 9.47 Å². The molecule has 2 rings (SSSR count). The van der Waals surface area contributed by atoms with E-state index in [9.17, 15) is 4.79 Å². The zero-order valence-corrected chi connectivity index (χ0v) is 16.9. The van der Waals surface area contributed by atoms with Crippen LogP contribution in [0.15, 0.2) is 42.5 Å². The molecule has 0 spiro atoms. The Morgan fingerprint density at radius 1 is 1.04 bits per heavy atom. The number of methoxy groups -OCH3 is 1. The Bertz CT molecular complexity index is 749. The normalized spacial score (nSPS) is 11.0. The highest BCUT2D eigenvalue weighted by Gasteiger charge is 2.19. The van der Waals surface area contributed by atoms with Gasteiger partial charge in [-0.2, -0.15) is 0 Å². The molecule has 0 aliphatic carbocycles. The molecule has 5 heteroatoms. The van der Waals surface area contributed by atoms with Gasteiger partial charge in [0.2, 0.25) is 0 Å². The van der Waals surface area contributed by atoms with Crippen molar-refractivity contribution in [2.45, 2.75) is 39.5 Å². The van der Waals surface area contributed by atoms with Gasteiger partial charge < -0.3 is 20.1 Å². The van der Waals surface area contributed by atoms with Gasteiger partial charge in [0.25, 0.3) is 0 Å². The lowest BCUT2D eigenvalue weighted by molar-refractivity contribution is 0.223. The Kier molecular flexibility index (Phi) is 7.11. The second-order valence-electron chi connectivity index (χ2n) is 7.57. The molecule has 0 heterocycles. The Morgan fingerprint density at radius 2 is 1.74 bits per heavy atom. The minimum absolute atomic E-state index is 0.0258. The van der Waals surface area contributed by atoms with Gasteiger partial charge in [0.05, 0.1) is 7.11 Å². The average molecular weight is 370 g/mol. The van der Waals surface area contributed by atoms with E-state index in [0.29, 0.717) is 6.54 Å². The molecule has 0 aromatic heterocycles. The Balaban J connectivity index is 1.76. The number of carbonyl (C=O) groups is 1. The molecule has 0 aliphatic heterocycles. The van der Waals surface area contributed by atoms with Gasteiger partial charge in [0.15, 0.2) is 6.73 Å². The molecule has 2 amide bonds. The van der Waals surface area contributed by atoms with Crippen molar-refractivity contribution in [3.8, 4) is 11.5 Å². The number of hydrogen-bond acceptors (Lipinski definition) is 3. The third-order valence-electron chi connectivity index (χ3n) is 4.26. The van der Waals surface area contributed by atoms with Crippen LogP contribution in [0.1, 0.15) is 37.5 Å². The summed E-state index contributed by atoms with van der Waals surface area (Å²) < 4.78 is 10.9. The lowest BCUT2D eigenvalue weighted by Crippen LogP contribution is -2.38. The van der Waals surface area contributed by atoms with Gasteiger partial charge in [-0.3, -0.25) is 0 Å². The molecule has 5 nitrogen and oxygen atoms in total. The molecule has 0 atom stereocenters. The lowest BCUT2D eigenvalue weighted by atomic mass is 9.85. The topological polar surface area (TPSA) is 59.6 Å². The third kappa shape index (κ3) is 6.51. The number of benzene rings is 2. The monoisotopic (exact) mass is 370 g/mol. The van der Waals surface area contributed by atoms with Gasteiger partial charge in [-0.25, -0.2) is 4.79 Å². The van der Waals surface area contributed by atoms with Crippen LogP contribution in [0.25, 0.3) is 0 Å². The lowest BCUT2D eigenvalue weighted by Gasteiger charge is -2.23. The quantitative estimate of drug-likeness (QED) is 0.719. The molecule has 0 bridgehead atoms. The molecule has 2 aromatic rings. The number of rotatable bonds is 7. The van der Waals surface area contributed by atoms with Crippen LogP contribution < -0.4 is 20.1 Å². The molecule has 27 heavy (non-hydrogen) atoms. The molecular weight excluding hydrogens is 340 g/mol. The minimum Gasteiger partial charge on any atom is -0.497 e. The summed E-state index contributed by atoms with van der Waals surface area (Å²) in [7, 11) is 1.64. The van der Waals surface area contributed by atoms with Gasteiger partial charge in [0, 0.05) is 6.54 Å². The van der Waals surface area contributed by atoms with E-state index in [0.717, 1.165) is 29.0 Å². The van der Waals surface area contributed by atoms with Crippen LogP contribution in [-0.4, -0.2) is 26.4 Å². The molecule has 2 N–H and O–H groups in total. The second-order valence-corrected chi connectivity index (χ2v) is 7.57. The molecule has 146 valence electrons. The van der Waals surface area contributed by atoms with E-state index in [-0.39, 0.29) is 18.2 Å². The van der Waals surface area contributed by atoms with Gasteiger partial charge in [0.1, 0.15) is 11.5 Å². The summed E-state index contributed by atoms with van der Waals surface area (Å²) >= 11 is 0. The van der Waals surface area contributed by atoms with Crippen molar-refractivity contribution in [1.29, 1.82) is 0 Å². The highest BCUT2D eigenvalue weighted by atomic mass is 16.5. The fraction of sp³-hybridized carbons (Fsp3) is 0.409. The highest BCUT2D eigenvalue weighted by Crippen LogP contribution is 2.31. The van der Waals surface area contributed by atoms with Crippen LogP contribution >= 0.6 is 0 Å². The number of urea groups is 1. The number of carbonyl (C=O) groups excluding carboxylic acids is 1. The van der Waals surface area contributed by atoms with Gasteiger partial charge in [-0.1, -0.05) is 50.6 Å². The maximum Gasteiger partial charge on any atom is 0.317 e. The molecule has 0 fully saturated rings. The summed E-state index contributed by atoms with van der Waals surface area (Å²) in [5, 5.41) is 5.58. The van der Waals surface area contributed by atoms with E-state index in [1.165, 1.54) is 5.56 Å². The zero-order valence-electron chi connectivity index (χ0n) is 16.9. The smallest absolute Gasteiger partial charge is 0.317 e. The van der Waals surface area contributed by atoms with Crippen LogP contribution in [0, 0.1) is 6.92 Å². The number of aryl methyl sites for hydroxylation is 1. The summed E-state index contributed by atoms with van der Waals surface area (Å²) in [6.07, 6.45) is 0.754. The van der Waals surface area contributed by atoms with Crippen molar-refractivity contribution in [2.24, 2.45) is 0 Å². The molecule has 0 aliphatic rings. The van der Waals surface area contributed by atoms with Crippen molar-refractivity contribution < 1.29 is 14.3 Å². The average Bonchev–Trinajstić information content (AvgIpc) is 2.62. The third-order valence-corrected chi connectivity index (χ3v) is 4.26. The number of amides is 2. The van der Waals surface area contributed by atoms with Crippen LogP contribution in [0.4, 0.5) is 4.79 Å². The van der Waals surface area contributed by atoms with Crippen molar-refractivity contribution in [1.82, 2.24) is 10.6 Å². The maximum absolute atomic E-state index is 11.9. The standard InChI is InChI=1S/C22H30N2O3/c1-16-6-11-20(19(14-16)22(2,3)4)27-15-24-21(25)23-13-12-17-7-9-18(26-5)10-8-17/h6-11,14H,12-13,15H2,1-5H3,(H2,23,24,25). The van der Waals surface area contributed by atoms with Crippen molar-refractivity contribution in [3.05, 3.63) is 59.2 Å². The number of nitrogens with one attached hydrogen (secondary N) is 2. The van der Waals surface area contributed by atoms with Crippen LogP contribution in [0.2, 0.25) is 0 Å². The molecule has 0 unspecified atom stereocenters. The van der Waals surface area contributed by atoms with Crippen molar-refractivity contribution in [3.63, 3.8) is 0 Å². The maximum atomic E-state index is 11.9. The summed E-state index contributed by atoms with van der Waals surface area (Å²) in [6, 6.07) is 13.7. The SMILES string of the molecule is COc1ccc(CCNC(=O)NCOc2ccc(C)cc2C(C)(C)C)cc1.